The van der Waals surface area contributed by atoms with E-state index in [-0.39, 0.29) is 17.6 Å². The topological polar surface area (TPSA) is 60.9 Å². The van der Waals surface area contributed by atoms with Gasteiger partial charge < -0.3 is 10.3 Å². The predicted octanol–water partition coefficient (Wildman–Crippen LogP) is 2.88. The molecule has 6 heteroatoms. The van der Waals surface area contributed by atoms with Crippen molar-refractivity contribution in [1.82, 2.24) is 9.55 Å². The Bertz CT molecular complexity index is 639. The molecule has 1 aromatic carbocycles. The molecule has 0 spiro atoms. The third-order valence-corrected chi connectivity index (χ3v) is 3.52. The first-order valence-corrected chi connectivity index (χ1v) is 7.06. The normalized spacial score (nSPS) is 11.2. The summed E-state index contributed by atoms with van der Waals surface area (Å²) < 4.78 is 15.5. The molecule has 0 bridgehead atoms. The quantitative estimate of drug-likeness (QED) is 0.658. The van der Waals surface area contributed by atoms with Crippen molar-refractivity contribution in [2.75, 3.05) is 0 Å². The number of primary amides is 1. The van der Waals surface area contributed by atoms with E-state index >= 15 is 0 Å². The molecule has 0 atom stereocenters. The number of carbonyl (C=O) groups excluding carboxylic acids is 1. The highest BCUT2D eigenvalue weighted by atomic mass is 35.5. The van der Waals surface area contributed by atoms with Gasteiger partial charge in [-0.05, 0) is 31.4 Å². The van der Waals surface area contributed by atoms with Crippen molar-refractivity contribution in [3.8, 4) is 0 Å². The highest BCUT2D eigenvalue weighted by molar-refractivity contribution is 6.16. The Hall–Kier alpha value is -1.62. The summed E-state index contributed by atoms with van der Waals surface area (Å²) in [7, 11) is 0. The second-order valence-electron chi connectivity index (χ2n) is 4.83. The second kappa shape index (κ2) is 6.22. The number of aromatic nitrogens is 2. The molecule has 2 aromatic rings. The fourth-order valence-corrected chi connectivity index (χ4v) is 2.42. The number of aryl methyl sites for hydroxylation is 2. The molecule has 108 valence electrons. The summed E-state index contributed by atoms with van der Waals surface area (Å²) in [5, 5.41) is 0. The zero-order chi connectivity index (χ0) is 14.7. The van der Waals surface area contributed by atoms with Gasteiger partial charge in [0.2, 0.25) is 5.91 Å². The monoisotopic (exact) mass is 297 g/mol. The van der Waals surface area contributed by atoms with Gasteiger partial charge in [-0.2, -0.15) is 0 Å². The molecule has 0 aliphatic carbocycles. The first kappa shape index (κ1) is 14.8. The third-order valence-electron chi connectivity index (χ3n) is 3.28. The van der Waals surface area contributed by atoms with Crippen LogP contribution in [0.15, 0.2) is 12.1 Å². The Morgan fingerprint density at radius 1 is 1.45 bits per heavy atom. The highest BCUT2D eigenvalue weighted by Gasteiger charge is 2.12. The fourth-order valence-electron chi connectivity index (χ4n) is 2.22. The van der Waals surface area contributed by atoms with Crippen molar-refractivity contribution in [3.05, 3.63) is 29.3 Å². The lowest BCUT2D eigenvalue weighted by molar-refractivity contribution is -0.118. The Balaban J connectivity index is 2.25. The van der Waals surface area contributed by atoms with Crippen LogP contribution in [0, 0.1) is 12.7 Å². The number of amides is 1. The van der Waals surface area contributed by atoms with Crippen LogP contribution in [0.2, 0.25) is 0 Å². The number of unbranched alkanes of at least 4 members (excludes halogenated alkanes) is 1. The van der Waals surface area contributed by atoms with E-state index in [9.17, 15) is 9.18 Å². The van der Waals surface area contributed by atoms with Crippen LogP contribution >= 0.6 is 11.6 Å². The van der Waals surface area contributed by atoms with E-state index in [1.807, 2.05) is 4.57 Å². The molecule has 0 aliphatic rings. The lowest BCUT2D eigenvalue weighted by Crippen LogP contribution is -2.10. The van der Waals surface area contributed by atoms with E-state index in [2.05, 4.69) is 4.98 Å². The second-order valence-corrected chi connectivity index (χ2v) is 5.09. The van der Waals surface area contributed by atoms with E-state index in [4.69, 9.17) is 17.3 Å². The standard InChI is InChI=1S/C14H17ClFN3O/c1-9-6-12-11(7-10(9)16)18-14(8-15)19(12)5-3-2-4-13(17)20/h6-7H,2-5,8H2,1H3,(H2,17,20). The molecule has 0 radical (unpaired) electrons. The number of alkyl halides is 1. The van der Waals surface area contributed by atoms with Crippen LogP contribution in [0.3, 0.4) is 0 Å². The van der Waals surface area contributed by atoms with E-state index in [1.165, 1.54) is 6.07 Å². The zero-order valence-electron chi connectivity index (χ0n) is 11.3. The molecule has 0 saturated carbocycles. The van der Waals surface area contributed by atoms with Gasteiger partial charge in [0.15, 0.2) is 0 Å². The SMILES string of the molecule is Cc1cc2c(cc1F)nc(CCl)n2CCCCC(N)=O. The number of hydrogen-bond donors (Lipinski definition) is 1. The molecule has 2 rings (SSSR count). The molecule has 1 aromatic heterocycles. The summed E-state index contributed by atoms with van der Waals surface area (Å²) in [6.45, 7) is 2.41. The van der Waals surface area contributed by atoms with Gasteiger partial charge in [0.25, 0.3) is 0 Å². The molecule has 1 amide bonds. The van der Waals surface area contributed by atoms with Crippen LogP contribution in [0.5, 0.6) is 0 Å². The third kappa shape index (κ3) is 3.10. The molecular weight excluding hydrogens is 281 g/mol. The molecule has 20 heavy (non-hydrogen) atoms. The number of carbonyl (C=O) groups is 1. The molecule has 0 fully saturated rings. The van der Waals surface area contributed by atoms with Crippen LogP contribution in [-0.4, -0.2) is 15.5 Å². The minimum Gasteiger partial charge on any atom is -0.370 e. The average molecular weight is 298 g/mol. The first-order valence-electron chi connectivity index (χ1n) is 6.52. The number of imidazole rings is 1. The first-order chi connectivity index (χ1) is 9.52. The van der Waals surface area contributed by atoms with Crippen LogP contribution in [0.25, 0.3) is 11.0 Å². The fraction of sp³-hybridized carbons (Fsp3) is 0.429. The average Bonchev–Trinajstić information content (AvgIpc) is 2.72. The minimum atomic E-state index is -0.295. The van der Waals surface area contributed by atoms with Crippen molar-refractivity contribution in [2.24, 2.45) is 5.73 Å². The van der Waals surface area contributed by atoms with Crippen molar-refractivity contribution in [3.63, 3.8) is 0 Å². The lowest BCUT2D eigenvalue weighted by atomic mass is 10.2. The summed E-state index contributed by atoms with van der Waals surface area (Å²) in [4.78, 5) is 15.1. The Morgan fingerprint density at radius 2 is 2.20 bits per heavy atom. The predicted molar refractivity (Wildman–Crippen MR) is 77.0 cm³/mol. The number of hydrogen-bond acceptors (Lipinski definition) is 2. The van der Waals surface area contributed by atoms with Gasteiger partial charge in [0.1, 0.15) is 11.6 Å². The molecule has 4 nitrogen and oxygen atoms in total. The van der Waals surface area contributed by atoms with E-state index in [0.29, 0.717) is 29.9 Å². The summed E-state index contributed by atoms with van der Waals surface area (Å²) in [6, 6.07) is 3.21. The summed E-state index contributed by atoms with van der Waals surface area (Å²) in [5.74, 6) is 0.421. The van der Waals surface area contributed by atoms with Gasteiger partial charge in [0.05, 0.1) is 16.9 Å². The van der Waals surface area contributed by atoms with Crippen LogP contribution in [-0.2, 0) is 17.2 Å². The van der Waals surface area contributed by atoms with Gasteiger partial charge in [-0.15, -0.1) is 11.6 Å². The lowest BCUT2D eigenvalue weighted by Gasteiger charge is -2.07. The van der Waals surface area contributed by atoms with Crippen molar-refractivity contribution in [1.29, 1.82) is 0 Å². The van der Waals surface area contributed by atoms with Crippen LogP contribution in [0.4, 0.5) is 4.39 Å². The number of halogens is 2. The van der Waals surface area contributed by atoms with Crippen molar-refractivity contribution in [2.45, 2.75) is 38.6 Å². The van der Waals surface area contributed by atoms with Gasteiger partial charge in [-0.25, -0.2) is 9.37 Å². The maximum atomic E-state index is 13.6. The molecule has 0 aliphatic heterocycles. The maximum absolute atomic E-state index is 13.6. The van der Waals surface area contributed by atoms with Gasteiger partial charge in [0, 0.05) is 19.0 Å². The molecule has 0 saturated heterocycles. The van der Waals surface area contributed by atoms with E-state index in [1.54, 1.807) is 13.0 Å². The summed E-state index contributed by atoms with van der Waals surface area (Å²) in [6.07, 6.45) is 1.89. The molecule has 1 heterocycles. The van der Waals surface area contributed by atoms with Gasteiger partial charge in [-0.3, -0.25) is 4.79 Å². The largest absolute Gasteiger partial charge is 0.370 e. The Morgan fingerprint density at radius 3 is 2.85 bits per heavy atom. The molecule has 2 N–H and O–H groups in total. The Labute approximate surface area is 121 Å². The number of rotatable bonds is 6. The number of fused-ring (bicyclic) bond motifs is 1. The van der Waals surface area contributed by atoms with E-state index in [0.717, 1.165) is 18.4 Å². The maximum Gasteiger partial charge on any atom is 0.217 e. The summed E-state index contributed by atoms with van der Waals surface area (Å²) in [5.41, 5.74) is 7.18. The highest BCUT2D eigenvalue weighted by Crippen LogP contribution is 2.22. The molecular formula is C14H17ClFN3O. The van der Waals surface area contributed by atoms with E-state index < -0.39 is 0 Å². The summed E-state index contributed by atoms with van der Waals surface area (Å²) >= 11 is 5.90. The molecule has 0 unspecified atom stereocenters. The smallest absolute Gasteiger partial charge is 0.217 e. The van der Waals surface area contributed by atoms with Gasteiger partial charge >= 0.3 is 0 Å². The van der Waals surface area contributed by atoms with Crippen LogP contribution < -0.4 is 5.73 Å². The number of benzene rings is 1. The number of nitrogens with two attached hydrogens (primary N) is 1. The zero-order valence-corrected chi connectivity index (χ0v) is 12.1. The van der Waals surface area contributed by atoms with Crippen molar-refractivity contribution < 1.29 is 9.18 Å². The van der Waals surface area contributed by atoms with Crippen LogP contribution in [0.1, 0.15) is 30.7 Å². The Kier molecular flexibility index (Phi) is 4.60. The van der Waals surface area contributed by atoms with Gasteiger partial charge in [-0.1, -0.05) is 0 Å². The number of nitrogens with zero attached hydrogens (tertiary/aromatic N) is 2. The minimum absolute atomic E-state index is 0.267. The van der Waals surface area contributed by atoms with Crippen molar-refractivity contribution >= 4 is 28.5 Å².